The summed E-state index contributed by atoms with van der Waals surface area (Å²) < 4.78 is 44.6. The Morgan fingerprint density at radius 3 is 2.46 bits per heavy atom. The van der Waals surface area contributed by atoms with Gasteiger partial charge in [0, 0.05) is 25.2 Å². The number of hydrogen-bond donors (Lipinski definition) is 2. The van der Waals surface area contributed by atoms with Crippen molar-refractivity contribution in [1.82, 2.24) is 4.98 Å². The molecular formula is C16H21F3N2O3. The monoisotopic (exact) mass is 346 g/mol. The molecule has 0 bridgehead atoms. The molecule has 2 fully saturated rings. The average molecular weight is 346 g/mol. The number of aliphatic hydroxyl groups is 2. The van der Waals surface area contributed by atoms with Crippen LogP contribution in [0.5, 0.6) is 0 Å². The van der Waals surface area contributed by atoms with Crippen LogP contribution in [0.3, 0.4) is 0 Å². The number of halogens is 3. The lowest BCUT2D eigenvalue weighted by atomic mass is 9.82. The Hall–Kier alpha value is -1.38. The molecule has 1 spiro atoms. The summed E-state index contributed by atoms with van der Waals surface area (Å²) in [4.78, 5) is 6.04. The van der Waals surface area contributed by atoms with Gasteiger partial charge < -0.3 is 19.8 Å². The van der Waals surface area contributed by atoms with Gasteiger partial charge in [-0.3, -0.25) is 0 Å². The number of alkyl halides is 3. The fourth-order valence-corrected chi connectivity index (χ4v) is 3.42. The van der Waals surface area contributed by atoms with E-state index in [1.807, 2.05) is 4.90 Å². The minimum Gasteiger partial charge on any atom is -0.390 e. The Labute approximate surface area is 138 Å². The van der Waals surface area contributed by atoms with E-state index in [2.05, 4.69) is 4.98 Å². The summed E-state index contributed by atoms with van der Waals surface area (Å²) in [7, 11) is 0. The van der Waals surface area contributed by atoms with Crippen molar-refractivity contribution in [2.75, 3.05) is 24.6 Å². The molecule has 2 saturated heterocycles. The van der Waals surface area contributed by atoms with Crippen LogP contribution in [0.1, 0.15) is 30.5 Å². The molecule has 1 aromatic heterocycles. The number of anilines is 1. The molecule has 0 radical (unpaired) electrons. The third-order valence-corrected chi connectivity index (χ3v) is 4.85. The van der Waals surface area contributed by atoms with Crippen LogP contribution < -0.4 is 4.90 Å². The second kappa shape index (κ2) is 6.16. The maximum absolute atomic E-state index is 13.0. The van der Waals surface area contributed by atoms with Gasteiger partial charge in [-0.05, 0) is 31.9 Å². The summed E-state index contributed by atoms with van der Waals surface area (Å²) in [5, 5.41) is 19.4. The molecule has 0 unspecified atom stereocenters. The molecule has 0 saturated carbocycles. The zero-order valence-corrected chi connectivity index (χ0v) is 13.4. The lowest BCUT2D eigenvalue weighted by Gasteiger charge is -2.46. The minimum absolute atomic E-state index is 0.0854. The zero-order valence-electron chi connectivity index (χ0n) is 13.4. The van der Waals surface area contributed by atoms with E-state index >= 15 is 0 Å². The lowest BCUT2D eigenvalue weighted by molar-refractivity contribution is -0.178. The molecule has 1 aromatic rings. The van der Waals surface area contributed by atoms with Crippen LogP contribution in [0.25, 0.3) is 0 Å². The molecule has 2 atom stereocenters. The van der Waals surface area contributed by atoms with Gasteiger partial charge in [0.25, 0.3) is 0 Å². The zero-order chi connectivity index (χ0) is 17.5. The molecule has 5 nitrogen and oxygen atoms in total. The summed E-state index contributed by atoms with van der Waals surface area (Å²) in [5.41, 5.74) is -0.878. The van der Waals surface area contributed by atoms with Crippen molar-refractivity contribution in [3.05, 3.63) is 23.4 Å². The molecule has 134 valence electrons. The van der Waals surface area contributed by atoms with Gasteiger partial charge in [-0.25, -0.2) is 4.98 Å². The molecule has 0 aromatic carbocycles. The van der Waals surface area contributed by atoms with Crippen molar-refractivity contribution < 1.29 is 28.1 Å². The van der Waals surface area contributed by atoms with Gasteiger partial charge in [-0.1, -0.05) is 0 Å². The quantitative estimate of drug-likeness (QED) is 0.813. The van der Waals surface area contributed by atoms with E-state index < -0.39 is 29.5 Å². The number of nitrogens with zero attached hydrogens (tertiary/aromatic N) is 2. The summed E-state index contributed by atoms with van der Waals surface area (Å²) >= 11 is 0. The van der Waals surface area contributed by atoms with E-state index in [0.29, 0.717) is 43.9 Å². The van der Waals surface area contributed by atoms with Crippen molar-refractivity contribution in [2.24, 2.45) is 0 Å². The molecular weight excluding hydrogens is 325 g/mol. The number of ether oxygens (including phenoxy) is 1. The number of aromatic nitrogens is 1. The molecule has 8 heteroatoms. The first kappa shape index (κ1) is 17.4. The van der Waals surface area contributed by atoms with E-state index in [9.17, 15) is 23.4 Å². The average Bonchev–Trinajstić information content (AvgIpc) is 2.51. The van der Waals surface area contributed by atoms with Crippen molar-refractivity contribution in [3.63, 3.8) is 0 Å². The number of aryl methyl sites for hydroxylation is 1. The van der Waals surface area contributed by atoms with Gasteiger partial charge in [0.1, 0.15) is 11.9 Å². The van der Waals surface area contributed by atoms with Crippen molar-refractivity contribution in [2.45, 2.75) is 50.2 Å². The molecule has 3 rings (SSSR count). The Bertz CT molecular complexity index is 601. The highest BCUT2D eigenvalue weighted by Crippen LogP contribution is 2.37. The minimum atomic E-state index is -4.40. The summed E-state index contributed by atoms with van der Waals surface area (Å²) in [5.74, 6) is 0.313. The number of rotatable bonds is 1. The van der Waals surface area contributed by atoms with E-state index in [0.717, 1.165) is 12.1 Å². The molecule has 3 heterocycles. The highest BCUT2D eigenvalue weighted by atomic mass is 19.4. The summed E-state index contributed by atoms with van der Waals surface area (Å²) in [6.45, 7) is 2.63. The topological polar surface area (TPSA) is 65.8 Å². The first-order chi connectivity index (χ1) is 11.2. The second-order valence-electron chi connectivity index (χ2n) is 6.67. The molecule has 2 aliphatic heterocycles. The number of hydrogen-bond acceptors (Lipinski definition) is 5. The molecule has 2 aliphatic rings. The van der Waals surface area contributed by atoms with Crippen molar-refractivity contribution in [3.8, 4) is 0 Å². The summed E-state index contributed by atoms with van der Waals surface area (Å²) in [6.07, 6.45) is -4.59. The second-order valence-corrected chi connectivity index (χ2v) is 6.67. The molecule has 0 aliphatic carbocycles. The Kier molecular flexibility index (Phi) is 4.48. The maximum Gasteiger partial charge on any atom is 0.416 e. The Morgan fingerprint density at radius 2 is 1.88 bits per heavy atom. The van der Waals surface area contributed by atoms with Crippen LogP contribution in [-0.2, 0) is 10.9 Å². The number of piperidine rings is 1. The Balaban J connectivity index is 1.72. The van der Waals surface area contributed by atoms with E-state index in [1.54, 1.807) is 6.92 Å². The molecule has 24 heavy (non-hydrogen) atoms. The fourth-order valence-electron chi connectivity index (χ4n) is 3.42. The van der Waals surface area contributed by atoms with Crippen molar-refractivity contribution >= 4 is 5.82 Å². The normalized spacial score (nSPS) is 27.5. The maximum atomic E-state index is 13.0. The van der Waals surface area contributed by atoms with Crippen LogP contribution >= 0.6 is 0 Å². The van der Waals surface area contributed by atoms with Crippen LogP contribution in [0.2, 0.25) is 0 Å². The first-order valence-corrected chi connectivity index (χ1v) is 7.99. The van der Waals surface area contributed by atoms with Crippen LogP contribution in [-0.4, -0.2) is 52.7 Å². The highest BCUT2D eigenvalue weighted by molar-refractivity contribution is 5.44. The lowest BCUT2D eigenvalue weighted by Crippen LogP contribution is -2.54. The Morgan fingerprint density at radius 1 is 1.21 bits per heavy atom. The van der Waals surface area contributed by atoms with E-state index in [-0.39, 0.29) is 6.61 Å². The smallest absolute Gasteiger partial charge is 0.390 e. The first-order valence-electron chi connectivity index (χ1n) is 7.99. The predicted molar refractivity (Wildman–Crippen MR) is 80.7 cm³/mol. The van der Waals surface area contributed by atoms with Crippen LogP contribution in [0, 0.1) is 6.92 Å². The van der Waals surface area contributed by atoms with E-state index in [4.69, 9.17) is 4.74 Å². The number of pyridine rings is 1. The highest BCUT2D eigenvalue weighted by Gasteiger charge is 2.43. The third-order valence-electron chi connectivity index (χ3n) is 4.85. The predicted octanol–water partition coefficient (Wildman–Crippen LogP) is 1.89. The SMILES string of the molecule is Cc1cc(C(F)(F)F)cc(N2CCC3(CC2)C[C@@H](O)[C@@H](O)CO3)n1. The molecule has 2 N–H and O–H groups in total. The van der Waals surface area contributed by atoms with Crippen LogP contribution in [0.15, 0.2) is 12.1 Å². The van der Waals surface area contributed by atoms with Gasteiger partial charge in [0.2, 0.25) is 0 Å². The fraction of sp³-hybridized carbons (Fsp3) is 0.688. The van der Waals surface area contributed by atoms with Gasteiger partial charge in [0.15, 0.2) is 0 Å². The summed E-state index contributed by atoms with van der Waals surface area (Å²) in [6, 6.07) is 2.11. The van der Waals surface area contributed by atoms with Crippen molar-refractivity contribution in [1.29, 1.82) is 0 Å². The third kappa shape index (κ3) is 3.50. The van der Waals surface area contributed by atoms with Crippen LogP contribution in [0.4, 0.5) is 19.0 Å². The van der Waals surface area contributed by atoms with Gasteiger partial charge in [0.05, 0.1) is 23.9 Å². The molecule has 0 amide bonds. The van der Waals surface area contributed by atoms with Gasteiger partial charge in [-0.2, -0.15) is 13.2 Å². The van der Waals surface area contributed by atoms with Gasteiger partial charge >= 0.3 is 6.18 Å². The van der Waals surface area contributed by atoms with Gasteiger partial charge in [-0.15, -0.1) is 0 Å². The largest absolute Gasteiger partial charge is 0.416 e. The standard InChI is InChI=1S/C16H21F3N2O3/c1-10-6-11(16(17,18)19)7-14(20-10)21-4-2-15(3-5-21)8-12(22)13(23)9-24-15/h6-7,12-13,22-23H,2-5,8-9H2,1H3/t12-,13+/m1/s1. The number of aliphatic hydroxyl groups excluding tert-OH is 2. The van der Waals surface area contributed by atoms with E-state index in [1.165, 1.54) is 0 Å².